The van der Waals surface area contributed by atoms with E-state index in [1.807, 2.05) is 0 Å². The molecule has 0 fully saturated rings. The van der Waals surface area contributed by atoms with Gasteiger partial charge in [-0.1, -0.05) is 0 Å². The number of hydrogen-bond donors (Lipinski definition) is 4. The molecule has 1 atom stereocenters. The third kappa shape index (κ3) is 8.37. The molecule has 0 heterocycles. The van der Waals surface area contributed by atoms with E-state index in [9.17, 15) is 19.5 Å². The number of carboxylic acids is 3. The molecule has 0 aliphatic carbocycles. The topological polar surface area (TPSA) is 178 Å². The summed E-state index contributed by atoms with van der Waals surface area (Å²) in [6.45, 7) is 0. The van der Waals surface area contributed by atoms with E-state index >= 15 is 0 Å². The molecule has 0 aliphatic rings. The van der Waals surface area contributed by atoms with Crippen LogP contribution in [0.15, 0.2) is 0 Å². The number of aliphatic hydroxyl groups is 1. The van der Waals surface area contributed by atoms with Gasteiger partial charge in [0.05, 0.1) is 6.42 Å². The summed E-state index contributed by atoms with van der Waals surface area (Å²) in [6, 6.07) is 0. The Labute approximate surface area is 105 Å². The number of carbonyl (C=O) groups excluding carboxylic acids is 1. The van der Waals surface area contributed by atoms with E-state index in [1.54, 1.807) is 0 Å². The van der Waals surface area contributed by atoms with Gasteiger partial charge in [-0.2, -0.15) is 0 Å². The number of carboxylic acid groups (broad SMARTS) is 3. The Morgan fingerprint density at radius 2 is 1.44 bits per heavy atom. The SMILES string of the molecule is O=C([O-])CC(O)(CC(=O)O)C(=O)O.[Mg+2].[O-]O. The molecule has 0 aromatic rings. The molecule has 0 aromatic carbocycles. The number of hydrogen-bond acceptors (Lipinski definition) is 7. The Hall–Kier alpha value is -0.944. The second-order valence-corrected chi connectivity index (χ2v) is 2.46. The second-order valence-electron chi connectivity index (χ2n) is 2.46. The normalized spacial score (nSPS) is 12.2. The van der Waals surface area contributed by atoms with Crippen LogP contribution in [-0.2, 0) is 14.4 Å². The smallest absolute Gasteiger partial charge is 0.727 e. The third-order valence-corrected chi connectivity index (χ3v) is 1.28. The van der Waals surface area contributed by atoms with Gasteiger partial charge in [-0.15, -0.1) is 0 Å². The molecule has 9 nitrogen and oxygen atoms in total. The van der Waals surface area contributed by atoms with Crippen molar-refractivity contribution in [2.45, 2.75) is 18.4 Å². The maximum absolute atomic E-state index is 10.3. The molecule has 16 heavy (non-hydrogen) atoms. The minimum absolute atomic E-state index is 0. The van der Waals surface area contributed by atoms with E-state index in [1.165, 1.54) is 0 Å². The quantitative estimate of drug-likeness (QED) is 0.213. The van der Waals surface area contributed by atoms with Crippen molar-refractivity contribution in [2.24, 2.45) is 0 Å². The summed E-state index contributed by atoms with van der Waals surface area (Å²) in [5.74, 6) is -5.34. The molecule has 4 N–H and O–H groups in total. The van der Waals surface area contributed by atoms with Crippen molar-refractivity contribution >= 4 is 41.0 Å². The Kier molecular flexibility index (Phi) is 11.9. The zero-order valence-corrected chi connectivity index (χ0v) is 9.37. The summed E-state index contributed by atoms with van der Waals surface area (Å²) in [5.41, 5.74) is -2.80. The van der Waals surface area contributed by atoms with Crippen LogP contribution >= 0.6 is 0 Å². The van der Waals surface area contributed by atoms with Gasteiger partial charge in [0.15, 0.2) is 5.60 Å². The molecule has 0 bridgehead atoms. The monoisotopic (exact) mass is 248 g/mol. The molecule has 10 heteroatoms. The van der Waals surface area contributed by atoms with E-state index in [0.29, 0.717) is 0 Å². The van der Waals surface area contributed by atoms with Crippen molar-refractivity contribution in [1.82, 2.24) is 0 Å². The van der Waals surface area contributed by atoms with Crippen molar-refractivity contribution in [1.29, 1.82) is 0 Å². The van der Waals surface area contributed by atoms with Crippen LogP contribution in [0.1, 0.15) is 12.8 Å². The summed E-state index contributed by atoms with van der Waals surface area (Å²) in [5, 5.41) is 48.5. The van der Waals surface area contributed by atoms with Crippen molar-refractivity contribution in [2.75, 3.05) is 0 Å². The van der Waals surface area contributed by atoms with Gasteiger partial charge in [-0.3, -0.25) is 4.79 Å². The molecule has 0 saturated carbocycles. The van der Waals surface area contributed by atoms with Crippen LogP contribution in [0.2, 0.25) is 0 Å². The largest absolute Gasteiger partial charge is 2.00 e. The van der Waals surface area contributed by atoms with Crippen LogP contribution in [0, 0.1) is 0 Å². The fourth-order valence-electron chi connectivity index (χ4n) is 0.703. The average Bonchev–Trinajstić information content (AvgIpc) is 2.04. The van der Waals surface area contributed by atoms with Crippen molar-refractivity contribution in [3.05, 3.63) is 0 Å². The summed E-state index contributed by atoms with van der Waals surface area (Å²) in [7, 11) is 0. The molecule has 0 amide bonds. The molecule has 0 aromatic heterocycles. The van der Waals surface area contributed by atoms with Gasteiger partial charge >= 0.3 is 35.0 Å². The molecule has 0 aliphatic heterocycles. The Morgan fingerprint density at radius 1 is 1.06 bits per heavy atom. The van der Waals surface area contributed by atoms with E-state index in [4.69, 9.17) is 25.8 Å². The van der Waals surface area contributed by atoms with Gasteiger partial charge in [0.1, 0.15) is 0 Å². The number of aliphatic carboxylic acids is 3. The van der Waals surface area contributed by atoms with Crippen LogP contribution in [0.5, 0.6) is 0 Å². The number of rotatable bonds is 5. The maximum Gasteiger partial charge on any atom is 2.00 e. The molecular weight excluding hydrogens is 240 g/mol. The van der Waals surface area contributed by atoms with Crippen molar-refractivity contribution in [3.63, 3.8) is 0 Å². The molecule has 0 spiro atoms. The first-order valence-electron chi connectivity index (χ1n) is 3.33. The average molecular weight is 248 g/mol. The van der Waals surface area contributed by atoms with Gasteiger partial charge in [0.25, 0.3) is 0 Å². The molecule has 0 radical (unpaired) electrons. The molecule has 0 rings (SSSR count). The van der Waals surface area contributed by atoms with E-state index in [0.717, 1.165) is 0 Å². The first kappa shape index (κ1) is 20.5. The Balaban J connectivity index is -0.000000529. The van der Waals surface area contributed by atoms with Gasteiger partial charge in [0, 0.05) is 12.4 Å². The van der Waals surface area contributed by atoms with Gasteiger partial charge in [-0.05, 0) is 0 Å². The first-order valence-corrected chi connectivity index (χ1v) is 3.33. The fraction of sp³-hybridized carbons (Fsp3) is 0.500. The molecule has 0 saturated heterocycles. The van der Waals surface area contributed by atoms with E-state index in [2.05, 4.69) is 0 Å². The molecule has 88 valence electrons. The minimum Gasteiger partial charge on any atom is -0.727 e. The Morgan fingerprint density at radius 3 is 1.62 bits per heavy atom. The van der Waals surface area contributed by atoms with Gasteiger partial charge in [0.2, 0.25) is 0 Å². The van der Waals surface area contributed by atoms with Crippen molar-refractivity contribution < 1.29 is 45.3 Å². The minimum atomic E-state index is -2.80. The molecular formula is C6H8MgO9. The summed E-state index contributed by atoms with van der Waals surface area (Å²) in [4.78, 5) is 30.3. The predicted molar refractivity (Wildman–Crippen MR) is 42.8 cm³/mol. The standard InChI is InChI=1S/C6H8O7.Mg.H2O2/c7-3(8)1-6(13,5(11)12)2-4(9)10;;1-2/h13H,1-2H2,(H,7,8)(H,9,10)(H,11,12);;1-2H/q;+2;/p-2. The van der Waals surface area contributed by atoms with Gasteiger partial charge in [-0.25, -0.2) is 4.79 Å². The van der Waals surface area contributed by atoms with Gasteiger partial charge < -0.3 is 35.7 Å². The van der Waals surface area contributed by atoms with E-state index in [-0.39, 0.29) is 23.1 Å². The predicted octanol–water partition coefficient (Wildman–Crippen LogP) is -4.14. The fourth-order valence-corrected chi connectivity index (χ4v) is 0.703. The first-order chi connectivity index (χ1) is 6.78. The number of carbonyl (C=O) groups is 3. The van der Waals surface area contributed by atoms with Crippen LogP contribution in [0.25, 0.3) is 0 Å². The zero-order chi connectivity index (χ0) is 12.6. The Bertz CT molecular complexity index is 234. The summed E-state index contributed by atoms with van der Waals surface area (Å²) < 4.78 is 0. The van der Waals surface area contributed by atoms with Crippen LogP contribution < -0.4 is 10.4 Å². The summed E-state index contributed by atoms with van der Waals surface area (Å²) in [6.07, 6.45) is -2.44. The summed E-state index contributed by atoms with van der Waals surface area (Å²) >= 11 is 0. The van der Waals surface area contributed by atoms with Crippen LogP contribution in [-0.4, -0.2) is 67.1 Å². The zero-order valence-electron chi connectivity index (χ0n) is 7.95. The molecule has 1 unspecified atom stereocenters. The maximum atomic E-state index is 10.3. The second kappa shape index (κ2) is 9.29. The van der Waals surface area contributed by atoms with Crippen LogP contribution in [0.3, 0.4) is 0 Å². The van der Waals surface area contributed by atoms with Crippen molar-refractivity contribution in [3.8, 4) is 0 Å². The third-order valence-electron chi connectivity index (χ3n) is 1.28. The van der Waals surface area contributed by atoms with Crippen LogP contribution in [0.4, 0.5) is 0 Å². The van der Waals surface area contributed by atoms with E-state index < -0.39 is 36.4 Å².